The first kappa shape index (κ1) is 14.0. The number of hydrogen-bond acceptors (Lipinski definition) is 1. The highest BCUT2D eigenvalue weighted by Crippen LogP contribution is 2.31. The normalized spacial score (nSPS) is 16.2. The molecular weight excluding hydrogens is 206 g/mol. The smallest absolute Gasteiger partial charge is 0.0113 e. The van der Waals surface area contributed by atoms with Crippen LogP contribution in [-0.2, 0) is 0 Å². The first-order valence-electron chi connectivity index (χ1n) is 6.62. The van der Waals surface area contributed by atoms with Crippen molar-refractivity contribution < 1.29 is 0 Å². The Labute approximate surface area is 106 Å². The molecule has 0 aliphatic heterocycles. The zero-order valence-corrected chi connectivity index (χ0v) is 11.1. The molecule has 0 spiro atoms. The van der Waals surface area contributed by atoms with Crippen molar-refractivity contribution >= 4 is 0 Å². The summed E-state index contributed by atoms with van der Waals surface area (Å²) in [7, 11) is 0. The van der Waals surface area contributed by atoms with Crippen molar-refractivity contribution in [3.05, 3.63) is 48.6 Å². The van der Waals surface area contributed by atoms with E-state index in [-0.39, 0.29) is 6.04 Å². The number of hydrogen-bond donors (Lipinski definition) is 1. The topological polar surface area (TPSA) is 26.0 Å². The van der Waals surface area contributed by atoms with E-state index in [9.17, 15) is 0 Å². The van der Waals surface area contributed by atoms with Gasteiger partial charge in [0.05, 0.1) is 0 Å². The first-order valence-corrected chi connectivity index (χ1v) is 6.62. The highest BCUT2D eigenvalue weighted by molar-refractivity contribution is 5.22. The van der Waals surface area contributed by atoms with Crippen molar-refractivity contribution in [2.24, 2.45) is 11.7 Å². The van der Waals surface area contributed by atoms with Gasteiger partial charge in [-0.3, -0.25) is 0 Å². The van der Waals surface area contributed by atoms with E-state index in [1.807, 2.05) is 6.08 Å². The van der Waals surface area contributed by atoms with Gasteiger partial charge in [-0.2, -0.15) is 0 Å². The Kier molecular flexibility index (Phi) is 5.99. The molecule has 94 valence electrons. The highest BCUT2D eigenvalue weighted by atomic mass is 14.7. The van der Waals surface area contributed by atoms with Gasteiger partial charge in [0.15, 0.2) is 0 Å². The fourth-order valence-electron chi connectivity index (χ4n) is 2.42. The van der Waals surface area contributed by atoms with Crippen LogP contribution in [0.4, 0.5) is 0 Å². The second kappa shape index (κ2) is 7.29. The zero-order chi connectivity index (χ0) is 12.7. The fraction of sp³-hybridized carbons (Fsp3) is 0.500. The monoisotopic (exact) mass is 231 g/mol. The Morgan fingerprint density at radius 3 is 2.47 bits per heavy atom. The van der Waals surface area contributed by atoms with Crippen LogP contribution in [0.5, 0.6) is 0 Å². The third-order valence-electron chi connectivity index (χ3n) is 3.61. The Balaban J connectivity index is 2.84. The van der Waals surface area contributed by atoms with Crippen molar-refractivity contribution in [2.45, 2.75) is 45.1 Å². The molecule has 0 saturated heterocycles. The van der Waals surface area contributed by atoms with Crippen molar-refractivity contribution in [1.29, 1.82) is 0 Å². The van der Waals surface area contributed by atoms with E-state index < -0.39 is 0 Å². The first-order chi connectivity index (χ1) is 8.20. The lowest BCUT2D eigenvalue weighted by molar-refractivity contribution is 0.370. The molecule has 0 aliphatic rings. The Morgan fingerprint density at radius 1 is 1.29 bits per heavy atom. The lowest BCUT2D eigenvalue weighted by Crippen LogP contribution is -2.32. The molecule has 1 heteroatoms. The molecule has 0 fully saturated rings. The van der Waals surface area contributed by atoms with Crippen LogP contribution in [0.25, 0.3) is 0 Å². The van der Waals surface area contributed by atoms with E-state index in [1.165, 1.54) is 12.0 Å². The molecule has 17 heavy (non-hydrogen) atoms. The molecule has 0 radical (unpaired) electrons. The van der Waals surface area contributed by atoms with Gasteiger partial charge < -0.3 is 5.73 Å². The summed E-state index contributed by atoms with van der Waals surface area (Å²) in [6.07, 6.45) is 5.15. The maximum absolute atomic E-state index is 6.36. The molecule has 1 aromatic rings. The van der Waals surface area contributed by atoms with Gasteiger partial charge in [-0.05, 0) is 24.3 Å². The van der Waals surface area contributed by atoms with Gasteiger partial charge in [-0.15, -0.1) is 6.58 Å². The average Bonchev–Trinajstić information content (AvgIpc) is 2.37. The summed E-state index contributed by atoms with van der Waals surface area (Å²) in [6, 6.07) is 10.9. The molecule has 0 aliphatic carbocycles. The van der Waals surface area contributed by atoms with Gasteiger partial charge in [0.25, 0.3) is 0 Å². The summed E-state index contributed by atoms with van der Waals surface area (Å²) >= 11 is 0. The minimum atomic E-state index is 0.227. The molecule has 0 amide bonds. The molecule has 3 atom stereocenters. The third kappa shape index (κ3) is 4.01. The molecule has 2 N–H and O–H groups in total. The van der Waals surface area contributed by atoms with Gasteiger partial charge in [0.2, 0.25) is 0 Å². The zero-order valence-electron chi connectivity index (χ0n) is 11.1. The summed E-state index contributed by atoms with van der Waals surface area (Å²) in [4.78, 5) is 0. The van der Waals surface area contributed by atoms with Crippen molar-refractivity contribution in [3.63, 3.8) is 0 Å². The van der Waals surface area contributed by atoms with E-state index in [2.05, 4.69) is 50.8 Å². The largest absolute Gasteiger partial charge is 0.327 e. The molecule has 0 bridgehead atoms. The molecule has 0 heterocycles. The van der Waals surface area contributed by atoms with Crippen molar-refractivity contribution in [1.82, 2.24) is 0 Å². The molecule has 0 aromatic heterocycles. The van der Waals surface area contributed by atoms with Gasteiger partial charge in [-0.25, -0.2) is 0 Å². The Hall–Kier alpha value is -1.08. The minimum absolute atomic E-state index is 0.227. The van der Waals surface area contributed by atoms with Gasteiger partial charge >= 0.3 is 0 Å². The van der Waals surface area contributed by atoms with Gasteiger partial charge in [0.1, 0.15) is 0 Å². The Morgan fingerprint density at radius 2 is 1.94 bits per heavy atom. The standard InChI is InChI=1S/C16H25N/c1-4-6-12-15(17)16(13(3)5-2)14-10-8-7-9-11-14/h4,7-11,13,15-16H,1,5-6,12,17H2,2-3H3. The molecule has 3 unspecified atom stereocenters. The van der Waals surface area contributed by atoms with E-state index >= 15 is 0 Å². The maximum Gasteiger partial charge on any atom is 0.0113 e. The van der Waals surface area contributed by atoms with E-state index in [0.29, 0.717) is 11.8 Å². The van der Waals surface area contributed by atoms with Crippen LogP contribution in [0.2, 0.25) is 0 Å². The number of nitrogens with two attached hydrogens (primary N) is 1. The van der Waals surface area contributed by atoms with E-state index in [4.69, 9.17) is 5.73 Å². The van der Waals surface area contributed by atoms with Crippen LogP contribution in [-0.4, -0.2) is 6.04 Å². The summed E-state index contributed by atoms with van der Waals surface area (Å²) < 4.78 is 0. The van der Waals surface area contributed by atoms with Crippen molar-refractivity contribution in [2.75, 3.05) is 0 Å². The number of benzene rings is 1. The average molecular weight is 231 g/mol. The summed E-state index contributed by atoms with van der Waals surface area (Å²) in [5, 5.41) is 0. The lowest BCUT2D eigenvalue weighted by atomic mass is 9.79. The number of allylic oxidation sites excluding steroid dienone is 1. The van der Waals surface area contributed by atoms with Crippen LogP contribution in [0.15, 0.2) is 43.0 Å². The summed E-state index contributed by atoms with van der Waals surface area (Å²) in [6.45, 7) is 8.31. The summed E-state index contributed by atoms with van der Waals surface area (Å²) in [5.74, 6) is 1.08. The SMILES string of the molecule is C=CCCC(N)C(c1ccccc1)C(C)CC. The van der Waals surface area contributed by atoms with E-state index in [0.717, 1.165) is 12.8 Å². The van der Waals surface area contributed by atoms with Crippen LogP contribution in [0.1, 0.15) is 44.6 Å². The number of rotatable bonds is 7. The second-order valence-corrected chi connectivity index (χ2v) is 4.85. The molecule has 1 rings (SSSR count). The Bertz CT molecular complexity index is 318. The molecule has 1 aromatic carbocycles. The van der Waals surface area contributed by atoms with Crippen LogP contribution < -0.4 is 5.73 Å². The molecule has 1 nitrogen and oxygen atoms in total. The fourth-order valence-corrected chi connectivity index (χ4v) is 2.42. The molecular formula is C16H25N. The van der Waals surface area contributed by atoms with Gasteiger partial charge in [0, 0.05) is 12.0 Å². The van der Waals surface area contributed by atoms with Crippen molar-refractivity contribution in [3.8, 4) is 0 Å². The quantitative estimate of drug-likeness (QED) is 0.702. The maximum atomic E-state index is 6.36. The molecule has 0 saturated carbocycles. The van der Waals surface area contributed by atoms with Crippen LogP contribution in [0, 0.1) is 5.92 Å². The summed E-state index contributed by atoms with van der Waals surface area (Å²) in [5.41, 5.74) is 7.74. The predicted octanol–water partition coefficient (Wildman–Crippen LogP) is 4.11. The highest BCUT2D eigenvalue weighted by Gasteiger charge is 2.23. The second-order valence-electron chi connectivity index (χ2n) is 4.85. The van der Waals surface area contributed by atoms with Crippen LogP contribution >= 0.6 is 0 Å². The van der Waals surface area contributed by atoms with Crippen LogP contribution in [0.3, 0.4) is 0 Å². The van der Waals surface area contributed by atoms with E-state index in [1.54, 1.807) is 0 Å². The van der Waals surface area contributed by atoms with Gasteiger partial charge in [-0.1, -0.05) is 56.7 Å². The lowest BCUT2D eigenvalue weighted by Gasteiger charge is -2.29. The predicted molar refractivity (Wildman–Crippen MR) is 76.0 cm³/mol. The minimum Gasteiger partial charge on any atom is -0.327 e. The third-order valence-corrected chi connectivity index (χ3v) is 3.61.